The van der Waals surface area contributed by atoms with E-state index in [0.29, 0.717) is 15.9 Å². The maximum absolute atomic E-state index is 13.8. The summed E-state index contributed by atoms with van der Waals surface area (Å²) in [6.45, 7) is 4.15. The largest absolute Gasteiger partial charge is 0.417 e. The van der Waals surface area contributed by atoms with E-state index in [9.17, 15) is 31.2 Å². The smallest absolute Gasteiger partial charge is 0.357 e. The summed E-state index contributed by atoms with van der Waals surface area (Å²) in [5.41, 5.74) is 0.649. The molecule has 0 aliphatic rings. The fourth-order valence-electron chi connectivity index (χ4n) is 4.01. The van der Waals surface area contributed by atoms with Crippen molar-refractivity contribution in [2.75, 3.05) is 17.9 Å². The Kier molecular flexibility index (Phi) is 9.52. The summed E-state index contributed by atoms with van der Waals surface area (Å²) in [6.07, 6.45) is -4.87. The minimum Gasteiger partial charge on any atom is -0.357 e. The van der Waals surface area contributed by atoms with Gasteiger partial charge in [-0.15, -0.1) is 0 Å². The van der Waals surface area contributed by atoms with E-state index in [0.717, 1.165) is 23.3 Å². The molecular formula is C28H29ClF3N3O4S. The molecule has 40 heavy (non-hydrogen) atoms. The standard InChI is InChI=1S/C28H29ClF3N3O4S/c1-18-9-12-23(13-10-18)40(38,39)35(22-11-14-25(29)24(15-22)28(30,31)32)17-26(36)34(20(3)27(37)33-4)16-21-8-6-5-7-19(21)2/h5-15,20H,16-17H2,1-4H3,(H,33,37)/t20-/m1/s1. The van der Waals surface area contributed by atoms with Gasteiger partial charge in [0.1, 0.15) is 12.6 Å². The molecule has 0 saturated carbocycles. The molecule has 0 bridgehead atoms. The second kappa shape index (κ2) is 12.3. The zero-order chi connectivity index (χ0) is 29.8. The van der Waals surface area contributed by atoms with E-state index in [1.54, 1.807) is 19.1 Å². The van der Waals surface area contributed by atoms with Crippen LogP contribution in [0.15, 0.2) is 71.6 Å². The summed E-state index contributed by atoms with van der Waals surface area (Å²) < 4.78 is 69.2. The number of benzene rings is 3. The topological polar surface area (TPSA) is 86.8 Å². The molecule has 7 nitrogen and oxygen atoms in total. The molecule has 0 aliphatic heterocycles. The Labute approximate surface area is 236 Å². The Morgan fingerprint density at radius 1 is 1.00 bits per heavy atom. The Hall–Kier alpha value is -3.57. The average molecular weight is 596 g/mol. The van der Waals surface area contributed by atoms with Crippen molar-refractivity contribution in [3.05, 3.63) is 94.0 Å². The molecule has 0 fully saturated rings. The molecule has 0 aliphatic carbocycles. The van der Waals surface area contributed by atoms with E-state index >= 15 is 0 Å². The number of hydrogen-bond donors (Lipinski definition) is 1. The number of amides is 2. The number of nitrogens with zero attached hydrogens (tertiary/aromatic N) is 2. The highest BCUT2D eigenvalue weighted by molar-refractivity contribution is 7.92. The minimum atomic E-state index is -4.87. The van der Waals surface area contributed by atoms with Crippen LogP contribution in [0.25, 0.3) is 0 Å². The minimum absolute atomic E-state index is 0.0348. The van der Waals surface area contributed by atoms with Gasteiger partial charge in [-0.1, -0.05) is 53.6 Å². The Balaban J connectivity index is 2.14. The highest BCUT2D eigenvalue weighted by Crippen LogP contribution is 2.38. The number of carbonyl (C=O) groups is 2. The van der Waals surface area contributed by atoms with Crippen molar-refractivity contribution in [2.45, 2.75) is 44.4 Å². The number of hydrogen-bond acceptors (Lipinski definition) is 4. The van der Waals surface area contributed by atoms with Crippen LogP contribution >= 0.6 is 11.6 Å². The van der Waals surface area contributed by atoms with Gasteiger partial charge >= 0.3 is 6.18 Å². The number of anilines is 1. The highest BCUT2D eigenvalue weighted by atomic mass is 35.5. The zero-order valence-corrected chi connectivity index (χ0v) is 23.9. The number of aryl methyl sites for hydroxylation is 2. The van der Waals surface area contributed by atoms with Crippen molar-refractivity contribution in [1.82, 2.24) is 10.2 Å². The van der Waals surface area contributed by atoms with Gasteiger partial charge in [0.15, 0.2) is 0 Å². The lowest BCUT2D eigenvalue weighted by molar-refractivity contribution is -0.139. The lowest BCUT2D eigenvalue weighted by Crippen LogP contribution is -2.50. The number of sulfonamides is 1. The van der Waals surface area contributed by atoms with Crippen LogP contribution in [-0.2, 0) is 32.3 Å². The number of alkyl halides is 3. The fourth-order valence-corrected chi connectivity index (χ4v) is 5.65. The molecule has 2 amide bonds. The Morgan fingerprint density at radius 2 is 1.62 bits per heavy atom. The van der Waals surface area contributed by atoms with Gasteiger partial charge in [0.2, 0.25) is 11.8 Å². The van der Waals surface area contributed by atoms with E-state index in [2.05, 4.69) is 5.32 Å². The first-order valence-corrected chi connectivity index (χ1v) is 14.0. The van der Waals surface area contributed by atoms with Crippen molar-refractivity contribution in [1.29, 1.82) is 0 Å². The summed E-state index contributed by atoms with van der Waals surface area (Å²) in [4.78, 5) is 27.3. The lowest BCUT2D eigenvalue weighted by atomic mass is 10.1. The van der Waals surface area contributed by atoms with E-state index in [-0.39, 0.29) is 11.4 Å². The molecule has 12 heteroatoms. The SMILES string of the molecule is CNC(=O)[C@@H](C)N(Cc1ccccc1C)C(=O)CN(c1ccc(Cl)c(C(F)(F)F)c1)S(=O)(=O)c1ccc(C)cc1. The second-order valence-corrected chi connectivity index (χ2v) is 11.5. The maximum Gasteiger partial charge on any atom is 0.417 e. The first-order valence-electron chi connectivity index (χ1n) is 12.2. The highest BCUT2D eigenvalue weighted by Gasteiger charge is 2.37. The van der Waals surface area contributed by atoms with Crippen molar-refractivity contribution < 1.29 is 31.2 Å². The van der Waals surface area contributed by atoms with Gasteiger partial charge in [-0.25, -0.2) is 8.42 Å². The molecule has 1 N–H and O–H groups in total. The molecule has 0 aromatic heterocycles. The quantitative estimate of drug-likeness (QED) is 0.362. The third-order valence-electron chi connectivity index (χ3n) is 6.45. The van der Waals surface area contributed by atoms with Crippen molar-refractivity contribution in [2.24, 2.45) is 0 Å². The van der Waals surface area contributed by atoms with Crippen molar-refractivity contribution in [3.8, 4) is 0 Å². The first-order chi connectivity index (χ1) is 18.7. The third-order valence-corrected chi connectivity index (χ3v) is 8.56. The molecule has 3 aromatic carbocycles. The number of rotatable bonds is 9. The van der Waals surface area contributed by atoms with Crippen LogP contribution in [0.4, 0.5) is 18.9 Å². The number of carbonyl (C=O) groups excluding carboxylic acids is 2. The summed E-state index contributed by atoms with van der Waals surface area (Å²) in [6, 6.07) is 14.4. The third kappa shape index (κ3) is 6.95. The molecule has 0 spiro atoms. The Morgan fingerprint density at radius 3 is 2.20 bits per heavy atom. The van der Waals surface area contributed by atoms with Crippen LogP contribution in [-0.4, -0.2) is 44.8 Å². The van der Waals surface area contributed by atoms with Gasteiger partial charge < -0.3 is 10.2 Å². The molecule has 214 valence electrons. The predicted molar refractivity (Wildman–Crippen MR) is 147 cm³/mol. The summed E-state index contributed by atoms with van der Waals surface area (Å²) in [5.74, 6) is -1.29. The molecule has 0 radical (unpaired) electrons. The second-order valence-electron chi connectivity index (χ2n) is 9.22. The molecule has 1 atom stereocenters. The summed E-state index contributed by atoms with van der Waals surface area (Å²) >= 11 is 5.78. The van der Waals surface area contributed by atoms with Gasteiger partial charge in [0, 0.05) is 13.6 Å². The van der Waals surface area contributed by atoms with Gasteiger partial charge in [0.25, 0.3) is 10.0 Å². The molecule has 0 heterocycles. The molecule has 3 aromatic rings. The van der Waals surface area contributed by atoms with E-state index in [4.69, 9.17) is 11.6 Å². The van der Waals surface area contributed by atoms with E-state index in [1.807, 2.05) is 19.1 Å². The van der Waals surface area contributed by atoms with Gasteiger partial charge in [-0.05, 0) is 62.2 Å². The van der Waals surface area contributed by atoms with Crippen LogP contribution in [0.5, 0.6) is 0 Å². The Bertz CT molecular complexity index is 1500. The molecule has 3 rings (SSSR count). The van der Waals surface area contributed by atoms with Crippen LogP contribution in [0.2, 0.25) is 5.02 Å². The van der Waals surface area contributed by atoms with Crippen LogP contribution in [0, 0.1) is 13.8 Å². The van der Waals surface area contributed by atoms with Crippen LogP contribution < -0.4 is 9.62 Å². The predicted octanol–water partition coefficient (Wildman–Crippen LogP) is 5.33. The molecule has 0 saturated heterocycles. The van der Waals surface area contributed by atoms with Gasteiger partial charge in [-0.3, -0.25) is 13.9 Å². The van der Waals surface area contributed by atoms with E-state index < -0.39 is 56.9 Å². The first kappa shape index (κ1) is 31.0. The summed E-state index contributed by atoms with van der Waals surface area (Å²) in [5, 5.41) is 1.85. The van der Waals surface area contributed by atoms with Crippen LogP contribution in [0.3, 0.4) is 0 Å². The molecule has 0 unspecified atom stereocenters. The average Bonchev–Trinajstić information content (AvgIpc) is 2.90. The lowest BCUT2D eigenvalue weighted by Gasteiger charge is -2.32. The maximum atomic E-state index is 13.8. The molecular weight excluding hydrogens is 567 g/mol. The van der Waals surface area contributed by atoms with Gasteiger partial charge in [0.05, 0.1) is 21.2 Å². The fraction of sp³-hybridized carbons (Fsp3) is 0.286. The van der Waals surface area contributed by atoms with E-state index in [1.165, 1.54) is 43.1 Å². The number of nitrogens with one attached hydrogen (secondary N) is 1. The number of halogens is 4. The van der Waals surface area contributed by atoms with Gasteiger partial charge in [-0.2, -0.15) is 13.2 Å². The zero-order valence-electron chi connectivity index (χ0n) is 22.3. The monoisotopic (exact) mass is 595 g/mol. The summed E-state index contributed by atoms with van der Waals surface area (Å²) in [7, 11) is -3.13. The van der Waals surface area contributed by atoms with Crippen molar-refractivity contribution in [3.63, 3.8) is 0 Å². The number of likely N-dealkylation sites (N-methyl/N-ethyl adjacent to an activating group) is 1. The van der Waals surface area contributed by atoms with Crippen molar-refractivity contribution >= 4 is 39.1 Å². The van der Waals surface area contributed by atoms with Crippen LogP contribution in [0.1, 0.15) is 29.2 Å². The normalized spacial score (nSPS) is 12.5.